The van der Waals surface area contributed by atoms with Crippen molar-refractivity contribution in [2.24, 2.45) is 11.7 Å². The Balaban J connectivity index is 2.46. The zero-order valence-corrected chi connectivity index (χ0v) is 11.8. The van der Waals surface area contributed by atoms with Gasteiger partial charge in [0.05, 0.1) is 4.92 Å². The fourth-order valence-electron chi connectivity index (χ4n) is 1.81. The summed E-state index contributed by atoms with van der Waals surface area (Å²) in [5.41, 5.74) is 6.24. The van der Waals surface area contributed by atoms with Gasteiger partial charge in [0.2, 0.25) is 5.91 Å². The Morgan fingerprint density at radius 1 is 1.30 bits per heavy atom. The first-order chi connectivity index (χ1) is 9.40. The van der Waals surface area contributed by atoms with Crippen molar-refractivity contribution < 1.29 is 9.72 Å². The van der Waals surface area contributed by atoms with Gasteiger partial charge < -0.3 is 11.1 Å². The van der Waals surface area contributed by atoms with E-state index in [4.69, 9.17) is 5.73 Å². The number of non-ortho nitro benzene ring substituents is 1. The summed E-state index contributed by atoms with van der Waals surface area (Å²) in [6.07, 6.45) is 2.59. The lowest BCUT2D eigenvalue weighted by atomic mass is 10.0. The zero-order chi connectivity index (χ0) is 15.1. The third-order valence-electron chi connectivity index (χ3n) is 3.09. The normalized spacial score (nSPS) is 13.6. The van der Waals surface area contributed by atoms with Crippen molar-refractivity contribution >= 4 is 17.3 Å². The van der Waals surface area contributed by atoms with E-state index < -0.39 is 4.92 Å². The lowest BCUT2D eigenvalue weighted by molar-refractivity contribution is -0.384. The van der Waals surface area contributed by atoms with E-state index in [1.54, 1.807) is 0 Å². The van der Waals surface area contributed by atoms with E-state index in [0.717, 1.165) is 19.3 Å². The van der Waals surface area contributed by atoms with Crippen molar-refractivity contribution in [1.29, 1.82) is 0 Å². The first-order valence-electron chi connectivity index (χ1n) is 6.71. The molecule has 6 nitrogen and oxygen atoms in total. The molecule has 0 aromatic heterocycles. The van der Waals surface area contributed by atoms with Crippen molar-refractivity contribution in [3.05, 3.63) is 34.4 Å². The molecule has 1 amide bonds. The minimum Gasteiger partial charge on any atom is -0.328 e. The number of nitrogens with two attached hydrogens (primary N) is 1. The second-order valence-corrected chi connectivity index (χ2v) is 5.10. The van der Waals surface area contributed by atoms with Crippen LogP contribution >= 0.6 is 0 Å². The Bertz CT molecular complexity index is 457. The Morgan fingerprint density at radius 2 is 1.90 bits per heavy atom. The Kier molecular flexibility index (Phi) is 6.11. The number of nitro benzene ring substituents is 1. The third kappa shape index (κ3) is 5.36. The second-order valence-electron chi connectivity index (χ2n) is 5.10. The van der Waals surface area contributed by atoms with Gasteiger partial charge in [0, 0.05) is 29.8 Å². The highest BCUT2D eigenvalue weighted by Crippen LogP contribution is 2.17. The maximum atomic E-state index is 11.9. The number of nitrogens with one attached hydrogen (secondary N) is 1. The van der Waals surface area contributed by atoms with Gasteiger partial charge in [0.1, 0.15) is 0 Å². The Morgan fingerprint density at radius 3 is 2.40 bits per heavy atom. The fourth-order valence-corrected chi connectivity index (χ4v) is 1.81. The number of nitrogens with zero attached hydrogens (tertiary/aromatic N) is 1. The van der Waals surface area contributed by atoms with Gasteiger partial charge in [-0.25, -0.2) is 0 Å². The van der Waals surface area contributed by atoms with E-state index in [-0.39, 0.29) is 23.6 Å². The number of amides is 1. The van der Waals surface area contributed by atoms with Gasteiger partial charge in [-0.15, -0.1) is 0 Å². The number of hydrogen-bond acceptors (Lipinski definition) is 4. The van der Waals surface area contributed by atoms with Crippen LogP contribution in [0.1, 0.15) is 33.1 Å². The summed E-state index contributed by atoms with van der Waals surface area (Å²) in [7, 11) is 0. The second kappa shape index (κ2) is 7.59. The third-order valence-corrected chi connectivity index (χ3v) is 3.09. The fraction of sp³-hybridized carbons (Fsp3) is 0.500. The van der Waals surface area contributed by atoms with Gasteiger partial charge in [0.25, 0.3) is 5.69 Å². The molecule has 0 aliphatic carbocycles. The van der Waals surface area contributed by atoms with Crippen LogP contribution in [0, 0.1) is 16.0 Å². The molecule has 0 aliphatic heterocycles. The smallest absolute Gasteiger partial charge is 0.269 e. The van der Waals surface area contributed by atoms with Crippen LogP contribution in [0.25, 0.3) is 0 Å². The van der Waals surface area contributed by atoms with E-state index in [9.17, 15) is 14.9 Å². The van der Waals surface area contributed by atoms with Gasteiger partial charge in [-0.2, -0.15) is 0 Å². The molecule has 0 saturated heterocycles. The number of hydrogen-bond donors (Lipinski definition) is 2. The molecule has 6 heteroatoms. The number of carbonyl (C=O) groups is 1. The molecule has 0 spiro atoms. The lowest BCUT2D eigenvalue weighted by Crippen LogP contribution is -2.21. The van der Waals surface area contributed by atoms with Gasteiger partial charge in [-0.3, -0.25) is 14.9 Å². The summed E-state index contributed by atoms with van der Waals surface area (Å²) in [5.74, 6) is -0.188. The van der Waals surface area contributed by atoms with Gasteiger partial charge in [-0.1, -0.05) is 13.3 Å². The molecule has 2 atom stereocenters. The number of benzene rings is 1. The highest BCUT2D eigenvalue weighted by Gasteiger charge is 2.13. The highest BCUT2D eigenvalue weighted by molar-refractivity contribution is 5.92. The summed E-state index contributed by atoms with van der Waals surface area (Å²) in [5, 5.41) is 13.3. The zero-order valence-electron chi connectivity index (χ0n) is 11.8. The molecular weight excluding hydrogens is 258 g/mol. The van der Waals surface area contributed by atoms with Gasteiger partial charge >= 0.3 is 0 Å². The molecule has 1 aromatic rings. The van der Waals surface area contributed by atoms with Crippen molar-refractivity contribution in [3.63, 3.8) is 0 Å². The first-order valence-corrected chi connectivity index (χ1v) is 6.71. The van der Waals surface area contributed by atoms with Crippen LogP contribution in [0.2, 0.25) is 0 Å². The van der Waals surface area contributed by atoms with Crippen molar-refractivity contribution in [1.82, 2.24) is 0 Å². The summed E-state index contributed by atoms with van der Waals surface area (Å²) in [6, 6.07) is 5.96. The number of nitro groups is 1. The first kappa shape index (κ1) is 16.1. The van der Waals surface area contributed by atoms with Crippen LogP contribution in [0.3, 0.4) is 0 Å². The minimum atomic E-state index is -0.470. The van der Waals surface area contributed by atoms with Crippen molar-refractivity contribution in [3.8, 4) is 0 Å². The summed E-state index contributed by atoms with van der Waals surface area (Å²) in [6.45, 7) is 3.81. The van der Waals surface area contributed by atoms with Crippen molar-refractivity contribution in [2.75, 3.05) is 5.32 Å². The molecule has 0 bridgehead atoms. The lowest BCUT2D eigenvalue weighted by Gasteiger charge is -2.12. The summed E-state index contributed by atoms with van der Waals surface area (Å²) in [4.78, 5) is 22.0. The summed E-state index contributed by atoms with van der Waals surface area (Å²) < 4.78 is 0. The molecule has 3 N–H and O–H groups in total. The predicted octanol–water partition coefficient (Wildman–Crippen LogP) is 2.69. The summed E-state index contributed by atoms with van der Waals surface area (Å²) >= 11 is 0. The average Bonchev–Trinajstić information content (AvgIpc) is 2.38. The number of anilines is 1. The molecular formula is C14H21N3O3. The molecule has 0 radical (unpaired) electrons. The molecule has 20 heavy (non-hydrogen) atoms. The molecule has 1 aromatic carbocycles. The maximum Gasteiger partial charge on any atom is 0.269 e. The number of carbonyl (C=O) groups excluding carboxylic acids is 1. The predicted molar refractivity (Wildman–Crippen MR) is 78.4 cm³/mol. The van der Waals surface area contributed by atoms with Crippen LogP contribution < -0.4 is 11.1 Å². The SMILES string of the molecule is CC(N)CCCC(C)C(=O)Nc1ccc([N+](=O)[O-])cc1. The number of rotatable bonds is 7. The van der Waals surface area contributed by atoms with Gasteiger partial charge in [0.15, 0.2) is 0 Å². The molecule has 2 unspecified atom stereocenters. The molecule has 0 heterocycles. The van der Waals surface area contributed by atoms with Crippen LogP contribution in [0.5, 0.6) is 0 Å². The van der Waals surface area contributed by atoms with Crippen LogP contribution in [-0.4, -0.2) is 16.9 Å². The van der Waals surface area contributed by atoms with E-state index in [1.807, 2.05) is 13.8 Å². The largest absolute Gasteiger partial charge is 0.328 e. The molecule has 0 aliphatic rings. The van der Waals surface area contributed by atoms with Crippen LogP contribution in [-0.2, 0) is 4.79 Å². The van der Waals surface area contributed by atoms with E-state index in [2.05, 4.69) is 5.32 Å². The van der Waals surface area contributed by atoms with Gasteiger partial charge in [-0.05, 0) is 31.9 Å². The van der Waals surface area contributed by atoms with E-state index in [1.165, 1.54) is 24.3 Å². The molecule has 0 saturated carbocycles. The topological polar surface area (TPSA) is 98.3 Å². The molecule has 0 fully saturated rings. The van der Waals surface area contributed by atoms with E-state index in [0.29, 0.717) is 5.69 Å². The van der Waals surface area contributed by atoms with Crippen LogP contribution in [0.4, 0.5) is 11.4 Å². The minimum absolute atomic E-state index is 0.00739. The Labute approximate surface area is 118 Å². The van der Waals surface area contributed by atoms with Crippen molar-refractivity contribution in [2.45, 2.75) is 39.2 Å². The standard InChI is InChI=1S/C14H21N3O3/c1-10(4-3-5-11(2)15)14(18)16-12-6-8-13(9-7-12)17(19)20/h6-11H,3-5,15H2,1-2H3,(H,16,18). The maximum absolute atomic E-state index is 11.9. The monoisotopic (exact) mass is 279 g/mol. The van der Waals surface area contributed by atoms with E-state index >= 15 is 0 Å². The molecule has 110 valence electrons. The van der Waals surface area contributed by atoms with Crippen LogP contribution in [0.15, 0.2) is 24.3 Å². The average molecular weight is 279 g/mol. The quantitative estimate of drug-likeness (QED) is 0.592. The molecule has 1 rings (SSSR count). The highest BCUT2D eigenvalue weighted by atomic mass is 16.6. The Hall–Kier alpha value is -1.95.